The molecule has 37 heavy (non-hydrogen) atoms. The predicted octanol–water partition coefficient (Wildman–Crippen LogP) is 4.99. The van der Waals surface area contributed by atoms with Crippen LogP contribution < -0.4 is 9.47 Å². The van der Waals surface area contributed by atoms with Crippen LogP contribution in [0.3, 0.4) is 0 Å². The monoisotopic (exact) mass is 507 g/mol. The number of likely N-dealkylation sites (N-methyl/N-ethyl adjacent to an activating group) is 1. The number of ether oxygens (including phenoxy) is 2. The van der Waals surface area contributed by atoms with Crippen LogP contribution in [0.15, 0.2) is 42.5 Å². The number of benzene rings is 2. The summed E-state index contributed by atoms with van der Waals surface area (Å²) in [6.45, 7) is 7.55. The van der Waals surface area contributed by atoms with Crippen molar-refractivity contribution in [3.05, 3.63) is 59.2 Å². The van der Waals surface area contributed by atoms with Gasteiger partial charge in [-0.05, 0) is 95.5 Å². The highest BCUT2D eigenvalue weighted by molar-refractivity contribution is 5.82. The smallest absolute Gasteiger partial charge is 0.228 e. The van der Waals surface area contributed by atoms with Gasteiger partial charge in [0.2, 0.25) is 5.91 Å². The second kappa shape index (κ2) is 12.8. The fourth-order valence-corrected chi connectivity index (χ4v) is 5.89. The van der Waals surface area contributed by atoms with Crippen molar-refractivity contribution in [1.82, 2.24) is 14.7 Å². The molecule has 202 valence electrons. The molecule has 0 N–H and O–H groups in total. The van der Waals surface area contributed by atoms with Crippen molar-refractivity contribution in [2.45, 2.75) is 58.5 Å². The summed E-state index contributed by atoms with van der Waals surface area (Å²) in [5.74, 6) is 2.25. The third-order valence-corrected chi connectivity index (χ3v) is 7.94. The van der Waals surface area contributed by atoms with Crippen LogP contribution in [0, 0.1) is 5.41 Å². The van der Waals surface area contributed by atoms with Crippen molar-refractivity contribution < 1.29 is 14.3 Å². The Balaban J connectivity index is 1.41. The van der Waals surface area contributed by atoms with Crippen molar-refractivity contribution in [2.24, 2.45) is 5.41 Å². The van der Waals surface area contributed by atoms with E-state index < -0.39 is 0 Å². The van der Waals surface area contributed by atoms with Gasteiger partial charge in [-0.15, -0.1) is 0 Å². The quantitative estimate of drug-likeness (QED) is 0.551. The Labute approximate surface area is 223 Å². The first-order chi connectivity index (χ1) is 17.9. The minimum atomic E-state index is -0.251. The molecule has 1 saturated heterocycles. The predicted molar refractivity (Wildman–Crippen MR) is 149 cm³/mol. The number of hydrogen-bond acceptors (Lipinski definition) is 5. The molecule has 0 saturated carbocycles. The number of carbonyl (C=O) groups excluding carboxylic acids is 1. The maximum absolute atomic E-state index is 13.7. The summed E-state index contributed by atoms with van der Waals surface area (Å²) in [5, 5.41) is 0. The number of nitrogens with zero attached hydrogens (tertiary/aromatic N) is 3. The molecule has 0 atom stereocenters. The van der Waals surface area contributed by atoms with Crippen LogP contribution in [0.1, 0.15) is 55.7 Å². The van der Waals surface area contributed by atoms with E-state index in [9.17, 15) is 4.79 Å². The van der Waals surface area contributed by atoms with Gasteiger partial charge in [0, 0.05) is 25.7 Å². The van der Waals surface area contributed by atoms with Crippen LogP contribution in [0.4, 0.5) is 0 Å². The van der Waals surface area contributed by atoms with Gasteiger partial charge in [-0.2, -0.15) is 0 Å². The Hall–Kier alpha value is -2.57. The van der Waals surface area contributed by atoms with Gasteiger partial charge in [-0.1, -0.05) is 30.7 Å². The maximum Gasteiger partial charge on any atom is 0.228 e. The minimum Gasteiger partial charge on any atom is -0.494 e. The first kappa shape index (κ1) is 27.5. The fourth-order valence-electron chi connectivity index (χ4n) is 5.89. The number of amides is 1. The Kier molecular flexibility index (Phi) is 9.49. The zero-order valence-electron chi connectivity index (χ0n) is 23.3. The van der Waals surface area contributed by atoms with Gasteiger partial charge in [0.15, 0.2) is 0 Å². The number of rotatable bonds is 6. The molecule has 1 amide bonds. The lowest BCUT2D eigenvalue weighted by molar-refractivity contribution is -0.145. The number of para-hydroxylation sites is 1. The van der Waals surface area contributed by atoms with Gasteiger partial charge in [-0.3, -0.25) is 9.69 Å². The Bertz CT molecular complexity index is 1030. The summed E-state index contributed by atoms with van der Waals surface area (Å²) in [6, 6.07) is 15.0. The zero-order chi connectivity index (χ0) is 26.3. The van der Waals surface area contributed by atoms with E-state index in [0.29, 0.717) is 25.7 Å². The molecule has 0 radical (unpaired) electrons. The Morgan fingerprint density at radius 1 is 1.03 bits per heavy atom. The highest BCUT2D eigenvalue weighted by Crippen LogP contribution is 2.39. The van der Waals surface area contributed by atoms with Crippen LogP contribution in [-0.2, 0) is 24.3 Å². The standard InChI is InChI=1S/C31H45N3O3/c1-5-36-29-14-13-25(22-27(29)24-32(2)3)23-34-18-16-31(17-19-34)15-9-8-11-26-10-6-7-12-28(26)37-21-20-33(4)30(31)35/h6-7,10,12-14,22H,5,8-9,11,15-21,23-24H2,1-4H3. The van der Waals surface area contributed by atoms with Crippen LogP contribution in [0.5, 0.6) is 11.5 Å². The van der Waals surface area contributed by atoms with E-state index in [0.717, 1.165) is 76.2 Å². The third kappa shape index (κ3) is 7.05. The van der Waals surface area contributed by atoms with Crippen molar-refractivity contribution in [2.75, 3.05) is 54.0 Å². The molecule has 4 rings (SSSR count). The molecule has 2 aliphatic rings. The number of aryl methyl sites for hydroxylation is 1. The molecule has 1 fully saturated rings. The van der Waals surface area contributed by atoms with Crippen LogP contribution >= 0.6 is 0 Å². The molecule has 0 bridgehead atoms. The number of piperidine rings is 1. The second-order valence-corrected chi connectivity index (χ2v) is 11.1. The first-order valence-electron chi connectivity index (χ1n) is 14.0. The fraction of sp³-hybridized carbons (Fsp3) is 0.581. The lowest BCUT2D eigenvalue weighted by Gasteiger charge is -2.43. The van der Waals surface area contributed by atoms with Crippen molar-refractivity contribution >= 4 is 5.91 Å². The number of fused-ring (bicyclic) bond motifs is 1. The van der Waals surface area contributed by atoms with Gasteiger partial charge in [0.25, 0.3) is 0 Å². The SMILES string of the molecule is CCOc1ccc(CN2CCC3(CCCCc4ccccc4OCCN(C)C3=O)CC2)cc1CN(C)C. The summed E-state index contributed by atoms with van der Waals surface area (Å²) >= 11 is 0. The Morgan fingerprint density at radius 2 is 1.81 bits per heavy atom. The lowest BCUT2D eigenvalue weighted by Crippen LogP contribution is -2.50. The minimum absolute atomic E-state index is 0.251. The van der Waals surface area contributed by atoms with Crippen molar-refractivity contribution in [1.29, 1.82) is 0 Å². The van der Waals surface area contributed by atoms with E-state index in [1.165, 1.54) is 16.7 Å². The molecule has 2 aromatic carbocycles. The van der Waals surface area contributed by atoms with E-state index in [-0.39, 0.29) is 5.41 Å². The van der Waals surface area contributed by atoms with Gasteiger partial charge in [0.1, 0.15) is 18.1 Å². The summed E-state index contributed by atoms with van der Waals surface area (Å²) in [5.41, 5.74) is 3.58. The molecule has 6 heteroatoms. The van der Waals surface area contributed by atoms with Crippen molar-refractivity contribution in [3.8, 4) is 11.5 Å². The largest absolute Gasteiger partial charge is 0.494 e. The third-order valence-electron chi connectivity index (χ3n) is 7.94. The van der Waals surface area contributed by atoms with Gasteiger partial charge < -0.3 is 19.3 Å². The van der Waals surface area contributed by atoms with Crippen LogP contribution in [0.2, 0.25) is 0 Å². The highest BCUT2D eigenvalue weighted by atomic mass is 16.5. The Morgan fingerprint density at radius 3 is 2.57 bits per heavy atom. The highest BCUT2D eigenvalue weighted by Gasteiger charge is 2.42. The number of likely N-dealkylation sites (tertiary alicyclic amines) is 1. The summed E-state index contributed by atoms with van der Waals surface area (Å²) in [6.07, 6.45) is 5.99. The average molecular weight is 508 g/mol. The van der Waals surface area contributed by atoms with Gasteiger partial charge >= 0.3 is 0 Å². The molecule has 2 heterocycles. The molecular formula is C31H45N3O3. The maximum atomic E-state index is 13.7. The zero-order valence-corrected chi connectivity index (χ0v) is 23.3. The van der Waals surface area contributed by atoms with E-state index in [1.807, 2.05) is 31.0 Å². The van der Waals surface area contributed by atoms with Crippen molar-refractivity contribution in [3.63, 3.8) is 0 Å². The molecule has 2 aromatic rings. The van der Waals surface area contributed by atoms with E-state index in [1.54, 1.807) is 0 Å². The van der Waals surface area contributed by atoms with Gasteiger partial charge in [0.05, 0.1) is 18.6 Å². The summed E-state index contributed by atoms with van der Waals surface area (Å²) in [7, 11) is 6.13. The molecule has 0 aromatic heterocycles. The molecular weight excluding hydrogens is 462 g/mol. The number of hydrogen-bond donors (Lipinski definition) is 0. The van der Waals surface area contributed by atoms with Gasteiger partial charge in [-0.25, -0.2) is 0 Å². The van der Waals surface area contributed by atoms with E-state index in [2.05, 4.69) is 54.2 Å². The molecule has 0 aliphatic carbocycles. The average Bonchev–Trinajstić information content (AvgIpc) is 2.88. The molecule has 2 aliphatic heterocycles. The lowest BCUT2D eigenvalue weighted by atomic mass is 9.73. The summed E-state index contributed by atoms with van der Waals surface area (Å²) < 4.78 is 11.9. The topological polar surface area (TPSA) is 45.3 Å². The van der Waals surface area contributed by atoms with Crippen LogP contribution in [-0.4, -0.2) is 74.6 Å². The number of carbonyl (C=O) groups is 1. The van der Waals surface area contributed by atoms with E-state index in [4.69, 9.17) is 9.47 Å². The normalized spacial score (nSPS) is 19.2. The molecule has 1 spiro atoms. The van der Waals surface area contributed by atoms with Crippen LogP contribution in [0.25, 0.3) is 0 Å². The summed E-state index contributed by atoms with van der Waals surface area (Å²) in [4.78, 5) is 20.3. The molecule has 6 nitrogen and oxygen atoms in total. The molecule has 0 unspecified atom stereocenters. The first-order valence-corrected chi connectivity index (χ1v) is 14.0. The van der Waals surface area contributed by atoms with E-state index >= 15 is 0 Å². The second-order valence-electron chi connectivity index (χ2n) is 11.1.